The van der Waals surface area contributed by atoms with Gasteiger partial charge in [-0.05, 0) is 19.1 Å². The fourth-order valence-corrected chi connectivity index (χ4v) is 2.46. The number of hydrogen-bond acceptors (Lipinski definition) is 5. The van der Waals surface area contributed by atoms with Gasteiger partial charge in [0.1, 0.15) is 19.3 Å². The Bertz CT molecular complexity index is 558. The number of carbonyl (C=O) groups excluding carboxylic acids is 2. The normalized spacial score (nSPS) is 21.2. The number of imide groups is 1. The van der Waals surface area contributed by atoms with E-state index in [4.69, 9.17) is 9.47 Å². The summed E-state index contributed by atoms with van der Waals surface area (Å²) in [5.74, 6) is 1.05. The summed E-state index contributed by atoms with van der Waals surface area (Å²) in [6.45, 7) is 3.26. The molecule has 0 radical (unpaired) electrons. The van der Waals surface area contributed by atoms with Crippen LogP contribution in [0.1, 0.15) is 13.3 Å². The van der Waals surface area contributed by atoms with Gasteiger partial charge >= 0.3 is 0 Å². The molecule has 106 valence electrons. The fourth-order valence-electron chi connectivity index (χ4n) is 2.46. The number of hydrogen-bond donors (Lipinski definition) is 1. The quantitative estimate of drug-likeness (QED) is 0.835. The molecule has 20 heavy (non-hydrogen) atoms. The second-order valence-electron chi connectivity index (χ2n) is 4.74. The Hall–Kier alpha value is -2.24. The summed E-state index contributed by atoms with van der Waals surface area (Å²) in [6.07, 6.45) is 0.196. The van der Waals surface area contributed by atoms with Crippen LogP contribution in [-0.4, -0.2) is 42.5 Å². The number of ether oxygens (including phenoxy) is 2. The van der Waals surface area contributed by atoms with E-state index in [1.807, 2.05) is 6.07 Å². The van der Waals surface area contributed by atoms with Crippen molar-refractivity contribution in [1.29, 1.82) is 0 Å². The number of anilines is 1. The van der Waals surface area contributed by atoms with Crippen LogP contribution in [0.5, 0.6) is 11.5 Å². The Morgan fingerprint density at radius 1 is 1.25 bits per heavy atom. The van der Waals surface area contributed by atoms with Crippen LogP contribution in [0.3, 0.4) is 0 Å². The zero-order valence-electron chi connectivity index (χ0n) is 11.2. The number of carbonyl (C=O) groups is 2. The largest absolute Gasteiger partial charge is 0.486 e. The molecule has 1 N–H and O–H groups in total. The first-order valence-electron chi connectivity index (χ1n) is 6.69. The molecule has 6 nitrogen and oxygen atoms in total. The molecule has 2 amide bonds. The van der Waals surface area contributed by atoms with Crippen molar-refractivity contribution in [2.45, 2.75) is 19.4 Å². The molecule has 0 aliphatic carbocycles. The average Bonchev–Trinajstić information content (AvgIpc) is 2.73. The number of fused-ring (bicyclic) bond motifs is 1. The van der Waals surface area contributed by atoms with Gasteiger partial charge in [-0.3, -0.25) is 14.5 Å². The minimum Gasteiger partial charge on any atom is -0.486 e. The van der Waals surface area contributed by atoms with Crippen molar-refractivity contribution < 1.29 is 19.1 Å². The Kier molecular flexibility index (Phi) is 3.22. The van der Waals surface area contributed by atoms with Gasteiger partial charge in [0.05, 0.1) is 6.42 Å². The molecule has 6 heteroatoms. The van der Waals surface area contributed by atoms with Crippen molar-refractivity contribution in [3.63, 3.8) is 0 Å². The molecular formula is C14H16N2O4. The van der Waals surface area contributed by atoms with Crippen LogP contribution >= 0.6 is 0 Å². The average molecular weight is 276 g/mol. The van der Waals surface area contributed by atoms with Crippen molar-refractivity contribution >= 4 is 17.5 Å². The SMILES string of the molecule is CCN1C(=O)CC(Nc2ccc3c(c2)OCCO3)C1=O. The van der Waals surface area contributed by atoms with Crippen molar-refractivity contribution in [2.24, 2.45) is 0 Å². The van der Waals surface area contributed by atoms with E-state index in [-0.39, 0.29) is 18.2 Å². The van der Waals surface area contributed by atoms with Gasteiger partial charge in [0.15, 0.2) is 11.5 Å². The second-order valence-corrected chi connectivity index (χ2v) is 4.74. The van der Waals surface area contributed by atoms with Crippen LogP contribution in [0, 0.1) is 0 Å². The molecule has 0 aromatic heterocycles. The minimum atomic E-state index is -0.495. The van der Waals surface area contributed by atoms with Gasteiger partial charge in [-0.2, -0.15) is 0 Å². The number of amides is 2. The molecule has 1 unspecified atom stereocenters. The highest BCUT2D eigenvalue weighted by atomic mass is 16.6. The molecule has 1 atom stereocenters. The van der Waals surface area contributed by atoms with Gasteiger partial charge in [-0.15, -0.1) is 0 Å². The molecule has 2 aliphatic heterocycles. The Morgan fingerprint density at radius 3 is 2.70 bits per heavy atom. The highest BCUT2D eigenvalue weighted by Crippen LogP contribution is 2.33. The maximum atomic E-state index is 12.0. The van der Waals surface area contributed by atoms with Gasteiger partial charge in [0, 0.05) is 18.3 Å². The smallest absolute Gasteiger partial charge is 0.252 e. The summed E-state index contributed by atoms with van der Waals surface area (Å²) in [5.41, 5.74) is 0.748. The minimum absolute atomic E-state index is 0.132. The summed E-state index contributed by atoms with van der Waals surface area (Å²) >= 11 is 0. The number of nitrogens with zero attached hydrogens (tertiary/aromatic N) is 1. The van der Waals surface area contributed by atoms with E-state index in [1.165, 1.54) is 4.90 Å². The van der Waals surface area contributed by atoms with E-state index < -0.39 is 6.04 Å². The maximum absolute atomic E-state index is 12.0. The number of rotatable bonds is 3. The van der Waals surface area contributed by atoms with Gasteiger partial charge in [0.2, 0.25) is 5.91 Å². The summed E-state index contributed by atoms with van der Waals surface area (Å²) in [7, 11) is 0. The first kappa shape index (κ1) is 12.8. The lowest BCUT2D eigenvalue weighted by atomic mass is 10.2. The van der Waals surface area contributed by atoms with Gasteiger partial charge in [-0.1, -0.05) is 0 Å². The molecule has 1 fully saturated rings. The predicted octanol–water partition coefficient (Wildman–Crippen LogP) is 1.02. The van der Waals surface area contributed by atoms with Crippen LogP contribution in [0.4, 0.5) is 5.69 Å². The molecule has 0 bridgehead atoms. The number of likely N-dealkylation sites (N-methyl/N-ethyl adjacent to an activating group) is 1. The number of nitrogens with one attached hydrogen (secondary N) is 1. The fraction of sp³-hybridized carbons (Fsp3) is 0.429. The van der Waals surface area contributed by atoms with Gasteiger partial charge in [0.25, 0.3) is 5.91 Å². The van der Waals surface area contributed by atoms with E-state index in [9.17, 15) is 9.59 Å². The van der Waals surface area contributed by atoms with Crippen LogP contribution in [0.2, 0.25) is 0 Å². The summed E-state index contributed by atoms with van der Waals surface area (Å²) in [4.78, 5) is 25.0. The van der Waals surface area contributed by atoms with E-state index in [0.717, 1.165) is 5.69 Å². The van der Waals surface area contributed by atoms with E-state index >= 15 is 0 Å². The van der Waals surface area contributed by atoms with Crippen LogP contribution in [-0.2, 0) is 9.59 Å². The Labute approximate surface area is 116 Å². The second kappa shape index (κ2) is 5.03. The first-order valence-corrected chi connectivity index (χ1v) is 6.69. The molecule has 0 spiro atoms. The lowest BCUT2D eigenvalue weighted by Crippen LogP contribution is -2.34. The van der Waals surface area contributed by atoms with Crippen LogP contribution < -0.4 is 14.8 Å². The van der Waals surface area contributed by atoms with Crippen molar-refractivity contribution in [3.05, 3.63) is 18.2 Å². The van der Waals surface area contributed by atoms with Crippen LogP contribution in [0.25, 0.3) is 0 Å². The molecule has 3 rings (SSSR count). The number of likely N-dealkylation sites (tertiary alicyclic amines) is 1. The highest BCUT2D eigenvalue weighted by Gasteiger charge is 2.37. The monoisotopic (exact) mass is 276 g/mol. The topological polar surface area (TPSA) is 67.9 Å². The highest BCUT2D eigenvalue weighted by molar-refractivity contribution is 6.06. The maximum Gasteiger partial charge on any atom is 0.252 e. The van der Waals surface area contributed by atoms with E-state index in [2.05, 4.69) is 5.32 Å². The van der Waals surface area contributed by atoms with Crippen molar-refractivity contribution in [3.8, 4) is 11.5 Å². The summed E-state index contributed by atoms with van der Waals surface area (Å²) in [6, 6.07) is 4.92. The molecule has 2 heterocycles. The molecule has 1 aromatic rings. The number of benzene rings is 1. The van der Waals surface area contributed by atoms with Crippen molar-refractivity contribution in [1.82, 2.24) is 4.90 Å². The Morgan fingerprint density at radius 2 is 2.00 bits per heavy atom. The van der Waals surface area contributed by atoms with Gasteiger partial charge < -0.3 is 14.8 Å². The standard InChI is InChI=1S/C14H16N2O4/c1-2-16-13(17)8-10(14(16)18)15-9-3-4-11-12(7-9)20-6-5-19-11/h3-4,7,10,15H,2,5-6,8H2,1H3. The van der Waals surface area contributed by atoms with E-state index in [1.54, 1.807) is 19.1 Å². The zero-order valence-corrected chi connectivity index (χ0v) is 11.2. The third kappa shape index (κ3) is 2.17. The lowest BCUT2D eigenvalue weighted by molar-refractivity contribution is -0.138. The van der Waals surface area contributed by atoms with E-state index in [0.29, 0.717) is 31.3 Å². The Balaban J connectivity index is 1.75. The zero-order chi connectivity index (χ0) is 14.1. The van der Waals surface area contributed by atoms with Crippen molar-refractivity contribution in [2.75, 3.05) is 25.1 Å². The van der Waals surface area contributed by atoms with Crippen LogP contribution in [0.15, 0.2) is 18.2 Å². The first-order chi connectivity index (χ1) is 9.69. The molecule has 0 saturated carbocycles. The molecule has 2 aliphatic rings. The third-order valence-electron chi connectivity index (χ3n) is 3.44. The molecule has 1 saturated heterocycles. The third-order valence-corrected chi connectivity index (χ3v) is 3.44. The predicted molar refractivity (Wildman–Crippen MR) is 71.9 cm³/mol. The van der Waals surface area contributed by atoms with Gasteiger partial charge in [-0.25, -0.2) is 0 Å². The molecular weight excluding hydrogens is 260 g/mol. The summed E-state index contributed by atoms with van der Waals surface area (Å²) in [5, 5.41) is 3.09. The molecule has 1 aromatic carbocycles. The lowest BCUT2D eigenvalue weighted by Gasteiger charge is -2.20. The summed E-state index contributed by atoms with van der Waals surface area (Å²) < 4.78 is 10.9.